The smallest absolute Gasteiger partial charge is 0.408 e. The first-order chi connectivity index (χ1) is 16.1. The highest BCUT2D eigenvalue weighted by Gasteiger charge is 2.23. The summed E-state index contributed by atoms with van der Waals surface area (Å²) in [5, 5.41) is 6.74. The van der Waals surface area contributed by atoms with E-state index in [9.17, 15) is 9.59 Å². The molecule has 0 unspecified atom stereocenters. The van der Waals surface area contributed by atoms with Gasteiger partial charge < -0.3 is 20.4 Å². The van der Waals surface area contributed by atoms with Crippen LogP contribution in [-0.4, -0.2) is 23.0 Å². The van der Waals surface area contributed by atoms with Gasteiger partial charge in [-0.15, -0.1) is 0 Å². The zero-order valence-electron chi connectivity index (χ0n) is 18.5. The zero-order valence-corrected chi connectivity index (χ0v) is 18.5. The molecule has 4 aromatic rings. The monoisotopic (exact) mass is 441 g/mol. The van der Waals surface area contributed by atoms with Crippen molar-refractivity contribution < 1.29 is 14.3 Å². The molecule has 3 aromatic carbocycles. The number of H-pyrrole nitrogens is 1. The number of aromatic amines is 1. The van der Waals surface area contributed by atoms with E-state index in [1.807, 2.05) is 92.0 Å². The van der Waals surface area contributed by atoms with Gasteiger partial charge >= 0.3 is 6.09 Å². The summed E-state index contributed by atoms with van der Waals surface area (Å²) in [5.74, 6) is -0.264. The lowest BCUT2D eigenvalue weighted by Crippen LogP contribution is -2.48. The van der Waals surface area contributed by atoms with E-state index in [1.54, 1.807) is 0 Å². The minimum absolute atomic E-state index is 0.136. The molecule has 1 aromatic heterocycles. The molecule has 6 heteroatoms. The molecular weight excluding hydrogens is 414 g/mol. The maximum Gasteiger partial charge on any atom is 0.408 e. The first kappa shape index (κ1) is 22.1. The summed E-state index contributed by atoms with van der Waals surface area (Å²) in [5.41, 5.74) is 4.94. The van der Waals surface area contributed by atoms with Crippen molar-refractivity contribution in [3.8, 4) is 0 Å². The topological polar surface area (TPSA) is 83.2 Å². The first-order valence-electron chi connectivity index (χ1n) is 10.9. The maximum absolute atomic E-state index is 13.1. The third-order valence-electron chi connectivity index (χ3n) is 5.63. The molecular formula is C27H27N3O3. The van der Waals surface area contributed by atoms with E-state index in [0.29, 0.717) is 13.0 Å². The van der Waals surface area contributed by atoms with Crippen LogP contribution < -0.4 is 10.6 Å². The van der Waals surface area contributed by atoms with Crippen LogP contribution >= 0.6 is 0 Å². The minimum Gasteiger partial charge on any atom is -0.445 e. The van der Waals surface area contributed by atoms with Crippen LogP contribution in [0.25, 0.3) is 10.9 Å². The van der Waals surface area contributed by atoms with Gasteiger partial charge in [0.1, 0.15) is 12.6 Å². The number of aryl methyl sites for hydroxylation is 1. The number of amides is 2. The number of carbonyl (C=O) groups is 2. The molecule has 1 heterocycles. The van der Waals surface area contributed by atoms with Crippen LogP contribution in [0.2, 0.25) is 0 Å². The second-order valence-electron chi connectivity index (χ2n) is 7.97. The van der Waals surface area contributed by atoms with Gasteiger partial charge in [-0.05, 0) is 35.2 Å². The van der Waals surface area contributed by atoms with Gasteiger partial charge in [0.05, 0.1) is 0 Å². The fourth-order valence-corrected chi connectivity index (χ4v) is 3.75. The number of hydrogen-bond donors (Lipinski definition) is 3. The number of carbonyl (C=O) groups excluding carboxylic acids is 2. The molecule has 1 atom stereocenters. The van der Waals surface area contributed by atoms with Crippen LogP contribution in [0.4, 0.5) is 4.79 Å². The summed E-state index contributed by atoms with van der Waals surface area (Å²) >= 11 is 0. The van der Waals surface area contributed by atoms with Crippen LogP contribution in [0.3, 0.4) is 0 Å². The van der Waals surface area contributed by atoms with Crippen molar-refractivity contribution in [1.82, 2.24) is 15.6 Å². The molecule has 3 N–H and O–H groups in total. The Kier molecular flexibility index (Phi) is 7.05. The van der Waals surface area contributed by atoms with E-state index in [1.165, 1.54) is 0 Å². The number of nitrogens with one attached hydrogen (secondary N) is 3. The minimum atomic E-state index is -0.781. The third kappa shape index (κ3) is 5.80. The van der Waals surface area contributed by atoms with E-state index in [0.717, 1.165) is 33.2 Å². The average molecular weight is 442 g/mol. The lowest BCUT2D eigenvalue weighted by Gasteiger charge is -2.19. The first-order valence-corrected chi connectivity index (χ1v) is 10.9. The Hall–Kier alpha value is -4.06. The molecule has 0 saturated carbocycles. The molecule has 33 heavy (non-hydrogen) atoms. The zero-order chi connectivity index (χ0) is 23.0. The van der Waals surface area contributed by atoms with Crippen LogP contribution in [0.1, 0.15) is 22.3 Å². The van der Waals surface area contributed by atoms with E-state index >= 15 is 0 Å². The third-order valence-corrected chi connectivity index (χ3v) is 5.63. The highest BCUT2D eigenvalue weighted by atomic mass is 16.5. The molecule has 0 radical (unpaired) electrons. The summed E-state index contributed by atoms with van der Waals surface area (Å²) < 4.78 is 5.36. The average Bonchev–Trinajstić information content (AvgIpc) is 3.25. The molecule has 0 aliphatic carbocycles. The Morgan fingerprint density at radius 1 is 0.909 bits per heavy atom. The predicted octanol–water partition coefficient (Wildman–Crippen LogP) is 4.63. The van der Waals surface area contributed by atoms with Crippen molar-refractivity contribution in [3.63, 3.8) is 0 Å². The van der Waals surface area contributed by atoms with Crippen molar-refractivity contribution >= 4 is 22.9 Å². The van der Waals surface area contributed by atoms with Crippen molar-refractivity contribution in [2.24, 2.45) is 0 Å². The second kappa shape index (κ2) is 10.5. The molecule has 0 bridgehead atoms. The van der Waals surface area contributed by atoms with Crippen LogP contribution in [0.15, 0.2) is 85.1 Å². The molecule has 0 saturated heterocycles. The van der Waals surface area contributed by atoms with E-state index < -0.39 is 12.1 Å². The van der Waals surface area contributed by atoms with Crippen molar-refractivity contribution in [2.45, 2.75) is 32.5 Å². The molecule has 0 aliphatic heterocycles. The molecule has 2 amide bonds. The molecule has 0 spiro atoms. The Labute approximate surface area is 193 Å². The second-order valence-corrected chi connectivity index (χ2v) is 7.97. The number of rotatable bonds is 8. The lowest BCUT2D eigenvalue weighted by molar-refractivity contribution is -0.123. The van der Waals surface area contributed by atoms with Gasteiger partial charge in [-0.25, -0.2) is 4.79 Å². The molecule has 0 fully saturated rings. The standard InChI is InChI=1S/C27H27N3O3/c1-19-9-5-6-12-21(19)16-29-26(31)25(15-22-17-28-24-14-8-7-13-23(22)24)30-27(32)33-18-20-10-3-2-4-11-20/h2-14,17,25,28H,15-16,18H2,1H3,(H,29,31)(H,30,32)/t25-/m0/s1. The van der Waals surface area contributed by atoms with Gasteiger partial charge in [0, 0.05) is 30.1 Å². The van der Waals surface area contributed by atoms with Crippen LogP contribution in [0, 0.1) is 6.92 Å². The lowest BCUT2D eigenvalue weighted by atomic mass is 10.0. The molecule has 0 aliphatic rings. The Balaban J connectivity index is 1.46. The van der Waals surface area contributed by atoms with E-state index in [-0.39, 0.29) is 12.5 Å². The fraction of sp³-hybridized carbons (Fsp3) is 0.185. The summed E-state index contributed by atoms with van der Waals surface area (Å²) in [6, 6.07) is 24.4. The number of benzene rings is 3. The van der Waals surface area contributed by atoms with Crippen molar-refractivity contribution in [2.75, 3.05) is 0 Å². The Bertz CT molecular complexity index is 1230. The number of ether oxygens (including phenoxy) is 1. The molecule has 6 nitrogen and oxygen atoms in total. The number of hydrogen-bond acceptors (Lipinski definition) is 3. The summed E-state index contributed by atoms with van der Waals surface area (Å²) in [7, 11) is 0. The van der Waals surface area contributed by atoms with Gasteiger partial charge in [-0.3, -0.25) is 4.79 Å². The number of alkyl carbamates (subject to hydrolysis) is 1. The van der Waals surface area contributed by atoms with Crippen molar-refractivity contribution in [1.29, 1.82) is 0 Å². The quantitative estimate of drug-likeness (QED) is 0.373. The Morgan fingerprint density at radius 3 is 2.45 bits per heavy atom. The normalized spacial score (nSPS) is 11.7. The number of fused-ring (bicyclic) bond motifs is 1. The van der Waals surface area contributed by atoms with Gasteiger partial charge in [0.25, 0.3) is 0 Å². The summed E-state index contributed by atoms with van der Waals surface area (Å²) in [6.45, 7) is 2.53. The summed E-state index contributed by atoms with van der Waals surface area (Å²) in [4.78, 5) is 28.9. The summed E-state index contributed by atoms with van der Waals surface area (Å²) in [6.07, 6.45) is 1.59. The van der Waals surface area contributed by atoms with Gasteiger partial charge in [0.15, 0.2) is 0 Å². The maximum atomic E-state index is 13.1. The fourth-order valence-electron chi connectivity index (χ4n) is 3.75. The highest BCUT2D eigenvalue weighted by Crippen LogP contribution is 2.19. The molecule has 4 rings (SSSR count). The van der Waals surface area contributed by atoms with Crippen LogP contribution in [-0.2, 0) is 29.1 Å². The van der Waals surface area contributed by atoms with Crippen LogP contribution in [0.5, 0.6) is 0 Å². The van der Waals surface area contributed by atoms with E-state index in [4.69, 9.17) is 4.74 Å². The predicted molar refractivity (Wildman–Crippen MR) is 129 cm³/mol. The Morgan fingerprint density at radius 2 is 1.64 bits per heavy atom. The van der Waals surface area contributed by atoms with Gasteiger partial charge in [-0.1, -0.05) is 72.8 Å². The van der Waals surface area contributed by atoms with Gasteiger partial charge in [-0.2, -0.15) is 0 Å². The van der Waals surface area contributed by atoms with Gasteiger partial charge in [0.2, 0.25) is 5.91 Å². The van der Waals surface area contributed by atoms with E-state index in [2.05, 4.69) is 15.6 Å². The SMILES string of the molecule is Cc1ccccc1CNC(=O)[C@H](Cc1c[nH]c2ccccc12)NC(=O)OCc1ccccc1. The number of aromatic nitrogens is 1. The highest BCUT2D eigenvalue weighted by molar-refractivity contribution is 5.88. The largest absolute Gasteiger partial charge is 0.445 e. The number of para-hydroxylation sites is 1. The van der Waals surface area contributed by atoms with Crippen molar-refractivity contribution in [3.05, 3.63) is 107 Å². The molecule has 168 valence electrons.